The number of fused-ring (bicyclic) bond motifs is 1. The fourth-order valence-corrected chi connectivity index (χ4v) is 3.57. The van der Waals surface area contributed by atoms with E-state index in [4.69, 9.17) is 4.74 Å². The molecule has 0 spiro atoms. The van der Waals surface area contributed by atoms with Crippen LogP contribution in [-0.4, -0.2) is 56.2 Å². The van der Waals surface area contributed by atoms with Crippen molar-refractivity contribution in [3.8, 4) is 0 Å². The molecule has 1 fully saturated rings. The Kier molecular flexibility index (Phi) is 4.67. The number of nitrogens with zero attached hydrogens (tertiary/aromatic N) is 1. The summed E-state index contributed by atoms with van der Waals surface area (Å²) in [5, 5.41) is 8.31. The molecule has 2 aliphatic rings. The minimum Gasteiger partial charge on any atom is -0.366 e. The molecule has 110 valence electrons. The number of thiophene rings is 1. The molecule has 1 saturated heterocycles. The molecule has 0 aliphatic carbocycles. The van der Waals surface area contributed by atoms with E-state index in [0.29, 0.717) is 19.7 Å². The molecular formula is C14H21N3O2S. The van der Waals surface area contributed by atoms with Gasteiger partial charge in [0.25, 0.3) is 5.91 Å². The molecule has 1 unspecified atom stereocenters. The summed E-state index contributed by atoms with van der Waals surface area (Å²) in [6.07, 6.45) is 0.810. The zero-order valence-electron chi connectivity index (χ0n) is 11.6. The molecule has 1 amide bonds. The number of ether oxygens (including phenoxy) is 1. The Morgan fingerprint density at radius 2 is 2.55 bits per heavy atom. The van der Waals surface area contributed by atoms with Crippen LogP contribution in [0.25, 0.3) is 0 Å². The number of carbonyl (C=O) groups is 1. The Morgan fingerprint density at radius 1 is 1.60 bits per heavy atom. The molecule has 3 rings (SSSR count). The fraction of sp³-hybridized carbons (Fsp3) is 0.643. The van der Waals surface area contributed by atoms with Crippen LogP contribution in [-0.2, 0) is 22.5 Å². The third kappa shape index (κ3) is 3.38. The van der Waals surface area contributed by atoms with Gasteiger partial charge in [-0.15, -0.1) is 11.3 Å². The van der Waals surface area contributed by atoms with E-state index in [0.717, 1.165) is 32.6 Å². The molecule has 0 aromatic carbocycles. The van der Waals surface area contributed by atoms with Crippen molar-refractivity contribution in [3.05, 3.63) is 21.9 Å². The first kappa shape index (κ1) is 14.0. The van der Waals surface area contributed by atoms with E-state index < -0.39 is 0 Å². The number of rotatable bonds is 4. The number of morpholine rings is 1. The van der Waals surface area contributed by atoms with Crippen molar-refractivity contribution in [1.29, 1.82) is 0 Å². The SMILES string of the molecule is O=C(NCCN1CCc2sccc2C1)C1CNCCO1. The molecule has 1 atom stereocenters. The van der Waals surface area contributed by atoms with Gasteiger partial charge in [0.2, 0.25) is 0 Å². The Morgan fingerprint density at radius 3 is 3.40 bits per heavy atom. The average Bonchev–Trinajstić information content (AvgIpc) is 2.95. The van der Waals surface area contributed by atoms with E-state index in [1.54, 1.807) is 0 Å². The van der Waals surface area contributed by atoms with Gasteiger partial charge in [-0.2, -0.15) is 0 Å². The van der Waals surface area contributed by atoms with Crippen molar-refractivity contribution in [2.75, 3.05) is 39.3 Å². The lowest BCUT2D eigenvalue weighted by Gasteiger charge is -2.27. The molecule has 20 heavy (non-hydrogen) atoms. The topological polar surface area (TPSA) is 53.6 Å². The van der Waals surface area contributed by atoms with Crippen LogP contribution in [0.1, 0.15) is 10.4 Å². The lowest BCUT2D eigenvalue weighted by atomic mass is 10.1. The smallest absolute Gasteiger partial charge is 0.250 e. The highest BCUT2D eigenvalue weighted by atomic mass is 32.1. The Labute approximate surface area is 123 Å². The monoisotopic (exact) mass is 295 g/mol. The number of hydrogen-bond donors (Lipinski definition) is 2. The van der Waals surface area contributed by atoms with E-state index in [9.17, 15) is 4.79 Å². The van der Waals surface area contributed by atoms with Crippen molar-refractivity contribution in [1.82, 2.24) is 15.5 Å². The number of amides is 1. The van der Waals surface area contributed by atoms with E-state index in [-0.39, 0.29) is 12.0 Å². The zero-order chi connectivity index (χ0) is 13.8. The molecule has 5 nitrogen and oxygen atoms in total. The minimum absolute atomic E-state index is 0.00503. The van der Waals surface area contributed by atoms with Crippen LogP contribution in [0.3, 0.4) is 0 Å². The van der Waals surface area contributed by atoms with Gasteiger partial charge in [-0.1, -0.05) is 0 Å². The summed E-state index contributed by atoms with van der Waals surface area (Å²) in [4.78, 5) is 15.8. The van der Waals surface area contributed by atoms with Gasteiger partial charge in [0.1, 0.15) is 6.10 Å². The molecule has 0 saturated carbocycles. The predicted molar refractivity (Wildman–Crippen MR) is 78.9 cm³/mol. The van der Waals surface area contributed by atoms with Crippen molar-refractivity contribution in [2.45, 2.75) is 19.1 Å². The largest absolute Gasteiger partial charge is 0.366 e. The molecule has 3 heterocycles. The Bertz CT molecular complexity index is 457. The van der Waals surface area contributed by atoms with E-state index in [1.807, 2.05) is 11.3 Å². The lowest BCUT2D eigenvalue weighted by Crippen LogP contribution is -2.49. The van der Waals surface area contributed by atoms with Gasteiger partial charge in [-0.3, -0.25) is 9.69 Å². The van der Waals surface area contributed by atoms with Gasteiger partial charge in [0.05, 0.1) is 6.61 Å². The van der Waals surface area contributed by atoms with Crippen LogP contribution in [0.5, 0.6) is 0 Å². The first-order valence-electron chi connectivity index (χ1n) is 7.20. The number of hydrogen-bond acceptors (Lipinski definition) is 5. The quantitative estimate of drug-likeness (QED) is 0.834. The Hall–Kier alpha value is -0.950. The summed E-state index contributed by atoms with van der Waals surface area (Å²) >= 11 is 1.86. The molecule has 6 heteroatoms. The highest BCUT2D eigenvalue weighted by molar-refractivity contribution is 7.10. The highest BCUT2D eigenvalue weighted by Crippen LogP contribution is 2.23. The summed E-state index contributed by atoms with van der Waals surface area (Å²) in [6.45, 7) is 5.76. The molecule has 1 aromatic rings. The first-order valence-corrected chi connectivity index (χ1v) is 8.08. The van der Waals surface area contributed by atoms with Crippen molar-refractivity contribution in [2.24, 2.45) is 0 Å². The fourth-order valence-electron chi connectivity index (χ4n) is 2.68. The highest BCUT2D eigenvalue weighted by Gasteiger charge is 2.22. The maximum absolute atomic E-state index is 11.9. The van der Waals surface area contributed by atoms with Gasteiger partial charge in [0, 0.05) is 44.1 Å². The van der Waals surface area contributed by atoms with E-state index in [1.165, 1.54) is 10.4 Å². The normalized spacial score (nSPS) is 23.3. The van der Waals surface area contributed by atoms with Crippen LogP contribution in [0.2, 0.25) is 0 Å². The number of nitrogens with one attached hydrogen (secondary N) is 2. The van der Waals surface area contributed by atoms with Crippen molar-refractivity contribution >= 4 is 17.2 Å². The second-order valence-corrected chi connectivity index (χ2v) is 6.25. The van der Waals surface area contributed by atoms with Crippen molar-refractivity contribution in [3.63, 3.8) is 0 Å². The second-order valence-electron chi connectivity index (χ2n) is 5.25. The van der Waals surface area contributed by atoms with Crippen LogP contribution < -0.4 is 10.6 Å². The summed E-state index contributed by atoms with van der Waals surface area (Å²) < 4.78 is 5.43. The zero-order valence-corrected chi connectivity index (χ0v) is 12.4. The maximum atomic E-state index is 11.9. The summed E-state index contributed by atoms with van der Waals surface area (Å²) in [5.74, 6) is 0.00503. The molecule has 2 aliphatic heterocycles. The van der Waals surface area contributed by atoms with Gasteiger partial charge in [-0.05, 0) is 23.4 Å². The van der Waals surface area contributed by atoms with Crippen LogP contribution >= 0.6 is 11.3 Å². The first-order chi connectivity index (χ1) is 9.83. The summed E-state index contributed by atoms with van der Waals surface area (Å²) in [6, 6.07) is 2.21. The third-order valence-electron chi connectivity index (χ3n) is 3.83. The third-order valence-corrected chi connectivity index (χ3v) is 4.86. The van der Waals surface area contributed by atoms with E-state index in [2.05, 4.69) is 27.0 Å². The minimum atomic E-state index is -0.325. The van der Waals surface area contributed by atoms with Gasteiger partial charge >= 0.3 is 0 Å². The summed E-state index contributed by atoms with van der Waals surface area (Å²) in [5.41, 5.74) is 1.45. The second kappa shape index (κ2) is 6.67. The summed E-state index contributed by atoms with van der Waals surface area (Å²) in [7, 11) is 0. The van der Waals surface area contributed by atoms with Gasteiger partial charge in [0.15, 0.2) is 0 Å². The predicted octanol–water partition coefficient (Wildman–Crippen LogP) is 0.211. The van der Waals surface area contributed by atoms with Gasteiger partial charge < -0.3 is 15.4 Å². The number of carbonyl (C=O) groups excluding carboxylic acids is 1. The molecule has 1 aromatic heterocycles. The van der Waals surface area contributed by atoms with Crippen LogP contribution in [0.4, 0.5) is 0 Å². The van der Waals surface area contributed by atoms with Gasteiger partial charge in [-0.25, -0.2) is 0 Å². The molecule has 0 radical (unpaired) electrons. The van der Waals surface area contributed by atoms with Crippen LogP contribution in [0.15, 0.2) is 11.4 Å². The van der Waals surface area contributed by atoms with Crippen LogP contribution in [0, 0.1) is 0 Å². The lowest BCUT2D eigenvalue weighted by molar-refractivity contribution is -0.134. The molecular weight excluding hydrogens is 274 g/mol. The maximum Gasteiger partial charge on any atom is 0.250 e. The molecule has 0 bridgehead atoms. The molecule has 2 N–H and O–H groups in total. The average molecular weight is 295 g/mol. The van der Waals surface area contributed by atoms with E-state index >= 15 is 0 Å². The standard InChI is InChI=1S/C14H21N3O2S/c18-14(12-9-15-4-7-19-12)16-3-6-17-5-1-13-11(10-17)2-8-20-13/h2,8,12,15H,1,3-7,9-10H2,(H,16,18). The van der Waals surface area contributed by atoms with Crippen molar-refractivity contribution < 1.29 is 9.53 Å². The Balaban J connectivity index is 1.39.